The van der Waals surface area contributed by atoms with Crippen LogP contribution in [0.3, 0.4) is 0 Å². The quantitative estimate of drug-likeness (QED) is 0.534. The zero-order valence-electron chi connectivity index (χ0n) is 16.4. The molecule has 2 aromatic rings. The predicted octanol–water partition coefficient (Wildman–Crippen LogP) is 6.54. The van der Waals surface area contributed by atoms with Gasteiger partial charge in [-0.05, 0) is 73.6 Å². The summed E-state index contributed by atoms with van der Waals surface area (Å²) in [6.45, 7) is 10.9. The maximum Gasteiger partial charge on any atom is 0.0410 e. The summed E-state index contributed by atoms with van der Waals surface area (Å²) in [7, 11) is 0. The van der Waals surface area contributed by atoms with Gasteiger partial charge in [-0.2, -0.15) is 0 Å². The molecule has 2 nitrogen and oxygen atoms in total. The van der Waals surface area contributed by atoms with Crippen LogP contribution in [0.15, 0.2) is 48.5 Å². The Kier molecular flexibility index (Phi) is 7.16. The number of benzene rings is 2. The molecule has 1 atom stereocenters. The first-order valence-corrected chi connectivity index (χ1v) is 9.88. The fourth-order valence-corrected chi connectivity index (χ4v) is 3.51. The molecule has 0 radical (unpaired) electrons. The van der Waals surface area contributed by atoms with E-state index in [1.807, 2.05) is 18.2 Å². The number of nitrogens with zero attached hydrogens (tertiary/aromatic N) is 1. The number of anilines is 2. The normalized spacial score (nSPS) is 13.7. The molecule has 3 heteroatoms. The zero-order chi connectivity index (χ0) is 19.2. The molecule has 140 valence electrons. The van der Waals surface area contributed by atoms with Gasteiger partial charge in [0.25, 0.3) is 0 Å². The van der Waals surface area contributed by atoms with Crippen molar-refractivity contribution in [1.82, 2.24) is 0 Å². The topological polar surface area (TPSA) is 29.3 Å². The number of nitrogens with two attached hydrogens (primary N) is 1. The van der Waals surface area contributed by atoms with Gasteiger partial charge in [-0.15, -0.1) is 0 Å². The summed E-state index contributed by atoms with van der Waals surface area (Å²) in [5, 5.41) is 0.741. The van der Waals surface area contributed by atoms with Crippen LogP contribution in [0.2, 0.25) is 5.02 Å². The summed E-state index contributed by atoms with van der Waals surface area (Å²) in [6.07, 6.45) is 6.37. The lowest BCUT2D eigenvalue weighted by Crippen LogP contribution is -2.21. The molecular weight excluding hydrogens is 340 g/mol. The van der Waals surface area contributed by atoms with E-state index in [9.17, 15) is 0 Å². The van der Waals surface area contributed by atoms with Crippen molar-refractivity contribution in [3.05, 3.63) is 64.7 Å². The Hall–Kier alpha value is -1.93. The van der Waals surface area contributed by atoms with Crippen LogP contribution < -0.4 is 10.6 Å². The molecule has 0 saturated heterocycles. The van der Waals surface area contributed by atoms with E-state index in [2.05, 4.69) is 69.0 Å². The Bertz CT molecular complexity index is 732. The molecule has 0 spiro atoms. The van der Waals surface area contributed by atoms with Crippen LogP contribution in [0, 0.1) is 0 Å². The van der Waals surface area contributed by atoms with Gasteiger partial charge in [0.05, 0.1) is 0 Å². The SMILES string of the molecule is CCN(CC)c1ccc(/C=C/CC(C)(CC)c2cc(Cl)ccc2N)cc1. The van der Waals surface area contributed by atoms with Gasteiger partial charge in [0.1, 0.15) is 0 Å². The van der Waals surface area contributed by atoms with Crippen molar-refractivity contribution in [1.29, 1.82) is 0 Å². The van der Waals surface area contributed by atoms with Crippen LogP contribution in [0.25, 0.3) is 6.08 Å². The molecular formula is C23H31ClN2. The van der Waals surface area contributed by atoms with Crippen molar-refractivity contribution >= 4 is 29.1 Å². The molecule has 2 aromatic carbocycles. The summed E-state index contributed by atoms with van der Waals surface area (Å²) in [4.78, 5) is 2.35. The predicted molar refractivity (Wildman–Crippen MR) is 117 cm³/mol. The van der Waals surface area contributed by atoms with Gasteiger partial charge < -0.3 is 10.6 Å². The highest BCUT2D eigenvalue weighted by atomic mass is 35.5. The van der Waals surface area contributed by atoms with Crippen molar-refractivity contribution < 1.29 is 0 Å². The summed E-state index contributed by atoms with van der Waals surface area (Å²) in [5.74, 6) is 0. The van der Waals surface area contributed by atoms with E-state index in [4.69, 9.17) is 17.3 Å². The summed E-state index contributed by atoms with van der Waals surface area (Å²) in [6, 6.07) is 14.5. The molecule has 26 heavy (non-hydrogen) atoms. The fraction of sp³-hybridized carbons (Fsp3) is 0.391. The van der Waals surface area contributed by atoms with Crippen LogP contribution >= 0.6 is 11.6 Å². The van der Waals surface area contributed by atoms with Crippen LogP contribution in [0.1, 0.15) is 51.7 Å². The molecule has 2 N–H and O–H groups in total. The lowest BCUT2D eigenvalue weighted by molar-refractivity contribution is 0.463. The number of halogens is 1. The minimum Gasteiger partial charge on any atom is -0.398 e. The van der Waals surface area contributed by atoms with Gasteiger partial charge in [0, 0.05) is 29.5 Å². The minimum absolute atomic E-state index is 0.0212. The van der Waals surface area contributed by atoms with Crippen molar-refractivity contribution in [2.75, 3.05) is 23.7 Å². The van der Waals surface area contributed by atoms with E-state index in [1.54, 1.807) is 0 Å². The number of hydrogen-bond acceptors (Lipinski definition) is 2. The highest BCUT2D eigenvalue weighted by molar-refractivity contribution is 6.30. The smallest absolute Gasteiger partial charge is 0.0410 e. The van der Waals surface area contributed by atoms with Gasteiger partial charge in [-0.1, -0.05) is 49.7 Å². The molecule has 0 aromatic heterocycles. The first-order valence-electron chi connectivity index (χ1n) is 9.50. The molecule has 2 rings (SSSR count). The minimum atomic E-state index is -0.0212. The molecule has 1 unspecified atom stereocenters. The van der Waals surface area contributed by atoms with E-state index in [1.165, 1.54) is 11.3 Å². The standard InChI is InChI=1S/C23H31ClN2/c1-5-23(4,21-17-19(24)12-15-22(21)25)16-8-9-18-10-13-20(14-11-18)26(6-2)7-3/h8-15,17H,5-7,16,25H2,1-4H3/b9-8+. The third kappa shape index (κ3) is 4.82. The Morgan fingerprint density at radius 3 is 2.27 bits per heavy atom. The zero-order valence-corrected chi connectivity index (χ0v) is 17.2. The molecule has 0 fully saturated rings. The summed E-state index contributed by atoms with van der Waals surface area (Å²) >= 11 is 6.20. The second-order valence-corrected chi connectivity index (χ2v) is 7.45. The second-order valence-electron chi connectivity index (χ2n) is 7.02. The highest BCUT2D eigenvalue weighted by Gasteiger charge is 2.25. The molecule has 0 aliphatic heterocycles. The van der Waals surface area contributed by atoms with E-state index in [-0.39, 0.29) is 5.41 Å². The van der Waals surface area contributed by atoms with Crippen molar-refractivity contribution in [3.63, 3.8) is 0 Å². The third-order valence-electron chi connectivity index (χ3n) is 5.35. The van der Waals surface area contributed by atoms with Crippen LogP contribution in [-0.2, 0) is 5.41 Å². The first-order chi connectivity index (χ1) is 12.4. The maximum atomic E-state index is 6.22. The number of allylic oxidation sites excluding steroid dienone is 1. The molecule has 0 aliphatic carbocycles. The van der Waals surface area contributed by atoms with Gasteiger partial charge in [-0.3, -0.25) is 0 Å². The van der Waals surface area contributed by atoms with Crippen LogP contribution in [0.4, 0.5) is 11.4 Å². The number of hydrogen-bond donors (Lipinski definition) is 1. The Morgan fingerprint density at radius 2 is 1.69 bits per heavy atom. The Balaban J connectivity index is 2.13. The van der Waals surface area contributed by atoms with Gasteiger partial charge in [0.15, 0.2) is 0 Å². The van der Waals surface area contributed by atoms with E-state index >= 15 is 0 Å². The summed E-state index contributed by atoms with van der Waals surface area (Å²) < 4.78 is 0. The lowest BCUT2D eigenvalue weighted by atomic mass is 9.76. The van der Waals surface area contributed by atoms with Gasteiger partial charge in [-0.25, -0.2) is 0 Å². The Morgan fingerprint density at radius 1 is 1.04 bits per heavy atom. The van der Waals surface area contributed by atoms with E-state index in [0.29, 0.717) is 0 Å². The average molecular weight is 371 g/mol. The second kappa shape index (κ2) is 9.14. The highest BCUT2D eigenvalue weighted by Crippen LogP contribution is 2.37. The van der Waals surface area contributed by atoms with Crippen molar-refractivity contribution in [2.45, 2.75) is 46.0 Å². The largest absolute Gasteiger partial charge is 0.398 e. The van der Waals surface area contributed by atoms with Crippen molar-refractivity contribution in [2.24, 2.45) is 0 Å². The van der Waals surface area contributed by atoms with E-state index < -0.39 is 0 Å². The molecule has 0 bridgehead atoms. The van der Waals surface area contributed by atoms with Crippen molar-refractivity contribution in [3.8, 4) is 0 Å². The maximum absolute atomic E-state index is 6.22. The Labute approximate surface area is 163 Å². The van der Waals surface area contributed by atoms with Crippen LogP contribution in [-0.4, -0.2) is 13.1 Å². The number of rotatable bonds is 8. The average Bonchev–Trinajstić information content (AvgIpc) is 2.65. The lowest BCUT2D eigenvalue weighted by Gasteiger charge is -2.29. The van der Waals surface area contributed by atoms with Gasteiger partial charge in [0.2, 0.25) is 0 Å². The first kappa shape index (κ1) is 20.4. The third-order valence-corrected chi connectivity index (χ3v) is 5.58. The fourth-order valence-electron chi connectivity index (χ4n) is 3.34. The van der Waals surface area contributed by atoms with Crippen LogP contribution in [0.5, 0.6) is 0 Å². The van der Waals surface area contributed by atoms with E-state index in [0.717, 1.165) is 42.2 Å². The molecule has 0 amide bonds. The number of nitrogen functional groups attached to an aromatic ring is 1. The molecule has 0 saturated carbocycles. The molecule has 0 aliphatic rings. The van der Waals surface area contributed by atoms with Gasteiger partial charge >= 0.3 is 0 Å². The monoisotopic (exact) mass is 370 g/mol. The molecule has 0 heterocycles. The summed E-state index contributed by atoms with van der Waals surface area (Å²) in [5.41, 5.74) is 10.6.